The van der Waals surface area contributed by atoms with Gasteiger partial charge in [-0.2, -0.15) is 0 Å². The molecule has 0 saturated heterocycles. The molecule has 0 bridgehead atoms. The predicted octanol–water partition coefficient (Wildman–Crippen LogP) is 4.60. The Morgan fingerprint density at radius 2 is 0.750 bits per heavy atom. The van der Waals surface area contributed by atoms with E-state index in [1.807, 2.05) is 121 Å². The van der Waals surface area contributed by atoms with Gasteiger partial charge in [0.1, 0.15) is 5.78 Å². The fraction of sp³-hybridized carbons (Fsp3) is 0.107. The first-order chi connectivity index (χ1) is 19.4. The van der Waals surface area contributed by atoms with Crippen molar-refractivity contribution in [1.82, 2.24) is 0 Å². The maximum absolute atomic E-state index is 15.3. The third-order valence-corrected chi connectivity index (χ3v) is 14.1. The third-order valence-electron chi connectivity index (χ3n) is 5.87. The Hall–Kier alpha value is -3.62. The summed E-state index contributed by atoms with van der Waals surface area (Å²) in [4.78, 5) is 29.1. The first-order valence-corrected chi connectivity index (χ1v) is 15.5. The van der Waals surface area contributed by atoms with Crippen LogP contribution in [0.2, 0.25) is 0 Å². The molecule has 0 saturated carbocycles. The van der Waals surface area contributed by atoms with Crippen molar-refractivity contribution in [3.8, 4) is 0 Å². The zero-order valence-electron chi connectivity index (χ0n) is 23.1. The number of ketones is 1. The van der Waals surface area contributed by atoms with Crippen molar-refractivity contribution in [2.45, 2.75) is 18.7 Å². The van der Waals surface area contributed by atoms with Crippen LogP contribution in [0.5, 0.6) is 0 Å². The molecule has 4 aromatic carbocycles. The van der Waals surface area contributed by atoms with E-state index < -0.39 is 29.9 Å². The van der Waals surface area contributed by atoms with E-state index in [1.54, 1.807) is 0 Å². The quantitative estimate of drug-likeness (QED) is 0.136. The number of rotatable bonds is 8. The normalized spacial score (nSPS) is 10.0. The van der Waals surface area contributed by atoms with Gasteiger partial charge >= 0.3 is 0 Å². The Kier molecular flexibility index (Phi) is 19.7. The molecule has 0 aliphatic carbocycles. The molecule has 0 spiro atoms. The van der Waals surface area contributed by atoms with Gasteiger partial charge in [-0.1, -0.05) is 121 Å². The molecule has 0 aromatic heterocycles. The Morgan fingerprint density at radius 3 is 0.909 bits per heavy atom. The molecule has 234 valence electrons. The first kappa shape index (κ1) is 42.5. The molecule has 16 heteroatoms. The van der Waals surface area contributed by atoms with E-state index in [0.29, 0.717) is 21.2 Å². The smallest absolute Gasteiger partial charge is 0.154 e. The average Bonchev–Trinajstić information content (AvgIpc) is 2.96. The molecule has 0 radical (unpaired) electrons. The van der Waals surface area contributed by atoms with E-state index >= 15 is 9.13 Å². The molecule has 13 nitrogen and oxygen atoms in total. The van der Waals surface area contributed by atoms with Gasteiger partial charge in [-0.25, -0.2) is 0 Å². The average molecular weight is 866 g/mol. The fourth-order valence-corrected chi connectivity index (χ4v) is 13.2. The van der Waals surface area contributed by atoms with E-state index in [2.05, 4.69) is 0 Å². The molecule has 0 fully saturated rings. The van der Waals surface area contributed by atoms with Crippen LogP contribution in [0.3, 0.4) is 0 Å². The number of hydrogen-bond donors (Lipinski definition) is 0. The van der Waals surface area contributed by atoms with Crippen LogP contribution in [0, 0.1) is 61.8 Å². The second kappa shape index (κ2) is 20.4. The number of carbonyl (C=O) groups is 1. The van der Waals surface area contributed by atoms with Crippen LogP contribution in [0.4, 0.5) is 0 Å². The third kappa shape index (κ3) is 11.5. The summed E-state index contributed by atoms with van der Waals surface area (Å²) in [6.07, 6.45) is -0.0534. The molecule has 44 heavy (non-hydrogen) atoms. The van der Waals surface area contributed by atoms with Gasteiger partial charge in [0.25, 0.3) is 0 Å². The van der Waals surface area contributed by atoms with E-state index in [4.69, 9.17) is 30.6 Å². The number of carbonyl (C=O) groups excluding carboxylic acids is 1. The van der Waals surface area contributed by atoms with Gasteiger partial charge in [-0.3, -0.25) is 4.79 Å². The van der Waals surface area contributed by atoms with E-state index in [9.17, 15) is 4.79 Å². The minimum Gasteiger partial charge on any atom is -2.00 e. The molecule has 0 heterocycles. The first-order valence-electron chi connectivity index (χ1n) is 12.0. The topological polar surface area (TPSA) is 241 Å². The Morgan fingerprint density at radius 1 is 0.568 bits per heavy atom. The van der Waals surface area contributed by atoms with Crippen molar-refractivity contribution in [2.24, 2.45) is 0 Å². The summed E-state index contributed by atoms with van der Waals surface area (Å²) < 4.78 is 30.6. The van der Waals surface area contributed by atoms with Crippen molar-refractivity contribution in [3.05, 3.63) is 152 Å². The van der Waals surface area contributed by atoms with Crippen LogP contribution in [0.1, 0.15) is 13.3 Å². The summed E-state index contributed by atoms with van der Waals surface area (Å²) in [6.45, 7) is 1.48. The van der Waals surface area contributed by atoms with Crippen LogP contribution in [-0.4, -0.2) is 21.4 Å². The summed E-state index contributed by atoms with van der Waals surface area (Å²) in [5, 5.41) is 31.0. The molecule has 4 rings (SSSR count). The molecule has 0 aliphatic rings. The number of hydrogen-bond acceptors (Lipinski definition) is 9. The standard InChI is InChI=1S/C28H26O3P2.2NO3.2O.U/c1-23(29)22-28(32(30,24-14-6-2-7-15-24)25-16-8-3-9-17-25)33(31,26-18-10-4-11-19-26)27-20-12-5-13-21-27;2*2-1(3)4;;;/h2-21,28H,22H2,1H3;;;;;/q;2*-1;2*-2;. The van der Waals surface area contributed by atoms with Crippen LogP contribution < -0.4 is 21.2 Å². The molecule has 0 N–H and O–H groups in total. The maximum atomic E-state index is 15.3. The molecular weight excluding hydrogens is 840 g/mol. The second-order valence-corrected chi connectivity index (χ2v) is 14.8. The van der Waals surface area contributed by atoms with Crippen molar-refractivity contribution in [3.63, 3.8) is 0 Å². The molecule has 0 aliphatic heterocycles. The fourth-order valence-electron chi connectivity index (χ4n) is 4.33. The minimum absolute atomic E-state index is 0. The predicted molar refractivity (Wildman–Crippen MR) is 161 cm³/mol. The van der Waals surface area contributed by atoms with Crippen LogP contribution in [-0.2, 0) is 24.9 Å². The van der Waals surface area contributed by atoms with Gasteiger partial charge in [-0.05, 0) is 6.92 Å². The Balaban J connectivity index is 0. The van der Waals surface area contributed by atoms with Gasteiger partial charge in [0.15, 0.2) is 14.3 Å². The molecule has 4 aromatic rings. The number of Topliss-reactive ketones (excluding diaryl/α,β-unsaturated/α-hetero) is 1. The maximum Gasteiger partial charge on any atom is 0.154 e. The van der Waals surface area contributed by atoms with E-state index in [0.717, 1.165) is 0 Å². The van der Waals surface area contributed by atoms with E-state index in [1.165, 1.54) is 6.92 Å². The SMILES string of the molecule is CC(=O)CC(P(=O)(c1ccccc1)c1ccccc1)P(=O)(c1ccccc1)c1ccccc1.O=[N+]([O-])[O-].O=[N+]([O-])[O-].[O-2].[O-2].[U]. The van der Waals surface area contributed by atoms with Crippen LogP contribution >= 0.6 is 14.3 Å². The summed E-state index contributed by atoms with van der Waals surface area (Å²) in [6, 6.07) is 36.7. The van der Waals surface area contributed by atoms with Gasteiger partial charge in [0, 0.05) is 58.8 Å². The van der Waals surface area contributed by atoms with Crippen molar-refractivity contribution < 1.29 is 66.2 Å². The van der Waals surface area contributed by atoms with Gasteiger partial charge in [0.05, 0.1) is 15.6 Å². The van der Waals surface area contributed by atoms with E-state index in [-0.39, 0.29) is 54.3 Å². The zero-order valence-corrected chi connectivity index (χ0v) is 29.1. The van der Waals surface area contributed by atoms with Crippen molar-refractivity contribution in [2.75, 3.05) is 0 Å². The summed E-state index contributed by atoms with van der Waals surface area (Å²) in [5.41, 5.74) is 0. The molecule has 0 amide bonds. The number of benzene rings is 4. The van der Waals surface area contributed by atoms with Gasteiger partial charge in [0.2, 0.25) is 0 Å². The summed E-state index contributed by atoms with van der Waals surface area (Å²) in [5.74, 6) is -0.140. The van der Waals surface area contributed by atoms with Gasteiger partial charge < -0.3 is 50.7 Å². The van der Waals surface area contributed by atoms with Crippen LogP contribution in [0.25, 0.3) is 0 Å². The summed E-state index contributed by atoms with van der Waals surface area (Å²) in [7, 11) is -7.05. The monoisotopic (exact) mass is 866 g/mol. The second-order valence-electron chi connectivity index (χ2n) is 8.49. The largest absolute Gasteiger partial charge is 2.00 e. The van der Waals surface area contributed by atoms with Crippen molar-refractivity contribution >= 4 is 41.3 Å². The Labute approximate surface area is 276 Å². The van der Waals surface area contributed by atoms with Gasteiger partial charge in [-0.15, -0.1) is 0 Å². The number of nitrogens with zero attached hydrogens (tertiary/aromatic N) is 2. The molecule has 0 atom stereocenters. The zero-order chi connectivity index (χ0) is 30.5. The molecular formula is C28H26N2O11P2U-6. The summed E-state index contributed by atoms with van der Waals surface area (Å²) >= 11 is 0. The Bertz CT molecular complexity index is 1330. The molecule has 0 unspecified atom stereocenters. The van der Waals surface area contributed by atoms with Crippen LogP contribution in [0.15, 0.2) is 121 Å². The minimum atomic E-state index is -3.52. The van der Waals surface area contributed by atoms with Crippen molar-refractivity contribution in [1.29, 1.82) is 0 Å².